The molecule has 0 bridgehead atoms. The molecule has 0 saturated heterocycles. The number of aliphatic imine (C=N–C) groups is 1. The minimum absolute atomic E-state index is 0.422. The van der Waals surface area contributed by atoms with E-state index >= 15 is 0 Å². The summed E-state index contributed by atoms with van der Waals surface area (Å²) < 4.78 is 1.13. The van der Waals surface area contributed by atoms with Gasteiger partial charge in [0, 0.05) is 28.7 Å². The Morgan fingerprint density at radius 3 is 3.11 bits per heavy atom. The second kappa shape index (κ2) is 3.37. The molecule has 0 spiro atoms. The maximum Gasteiger partial charge on any atom is 0.0365 e. The van der Waals surface area contributed by atoms with Gasteiger partial charge in [0.15, 0.2) is 0 Å². The van der Waals surface area contributed by atoms with Crippen LogP contribution < -0.4 is 0 Å². The maximum atomic E-state index is 5.61. The molecule has 1 aliphatic heterocycles. The highest BCUT2D eigenvalue weighted by Gasteiger charge is 2.08. The molecule has 0 N–H and O–H groups in total. The molecule has 0 aliphatic carbocycles. The fourth-order valence-electron chi connectivity index (χ4n) is 0.696. The third-order valence-electron chi connectivity index (χ3n) is 1.17. The summed E-state index contributed by atoms with van der Waals surface area (Å²) in [5.41, 5.74) is 0. The van der Waals surface area contributed by atoms with Gasteiger partial charge in [0.2, 0.25) is 0 Å². The Hall–Kier alpha value is 0.180. The lowest BCUT2D eigenvalue weighted by molar-refractivity contribution is 0.797. The molecule has 1 unspecified atom stereocenters. The fourth-order valence-corrected chi connectivity index (χ4v) is 1.42. The molecule has 9 heavy (non-hydrogen) atoms. The van der Waals surface area contributed by atoms with Crippen LogP contribution in [0.15, 0.2) is 15.7 Å². The minimum atomic E-state index is 0.422. The maximum absolute atomic E-state index is 5.61. The van der Waals surface area contributed by atoms with Crippen LogP contribution in [-0.2, 0) is 0 Å². The van der Waals surface area contributed by atoms with Crippen LogP contribution >= 0.6 is 27.5 Å². The van der Waals surface area contributed by atoms with Gasteiger partial charge in [-0.05, 0) is 6.42 Å². The van der Waals surface area contributed by atoms with Gasteiger partial charge in [0.05, 0.1) is 0 Å². The van der Waals surface area contributed by atoms with Crippen molar-refractivity contribution in [1.29, 1.82) is 0 Å². The molecule has 50 valence electrons. The zero-order valence-electron chi connectivity index (χ0n) is 4.85. The Morgan fingerprint density at radius 1 is 1.89 bits per heavy atom. The molecular formula is C6H7BrClN. The molecule has 0 amide bonds. The van der Waals surface area contributed by atoms with Crippen LogP contribution in [0.25, 0.3) is 0 Å². The molecule has 1 heterocycles. The zero-order valence-corrected chi connectivity index (χ0v) is 7.19. The van der Waals surface area contributed by atoms with Gasteiger partial charge < -0.3 is 0 Å². The van der Waals surface area contributed by atoms with Gasteiger partial charge in [-0.1, -0.05) is 15.9 Å². The predicted octanol–water partition coefficient (Wildman–Crippen LogP) is 2.55. The first-order chi connectivity index (χ1) is 4.33. The number of alkyl halides is 1. The topological polar surface area (TPSA) is 12.4 Å². The number of nitrogens with zero attached hydrogens (tertiary/aromatic N) is 1. The smallest absolute Gasteiger partial charge is 0.0365 e. The summed E-state index contributed by atoms with van der Waals surface area (Å²) in [7, 11) is 0. The average Bonchev–Trinajstić information content (AvgIpc) is 1.88. The van der Waals surface area contributed by atoms with Crippen molar-refractivity contribution < 1.29 is 0 Å². The summed E-state index contributed by atoms with van der Waals surface area (Å²) >= 11 is 8.96. The van der Waals surface area contributed by atoms with E-state index in [1.54, 1.807) is 0 Å². The highest BCUT2D eigenvalue weighted by molar-refractivity contribution is 9.11. The molecule has 1 aliphatic rings. The van der Waals surface area contributed by atoms with E-state index in [9.17, 15) is 0 Å². The summed E-state index contributed by atoms with van der Waals surface area (Å²) in [6.45, 7) is 0. The van der Waals surface area contributed by atoms with Crippen molar-refractivity contribution in [1.82, 2.24) is 0 Å². The highest BCUT2D eigenvalue weighted by atomic mass is 79.9. The Kier molecular flexibility index (Phi) is 2.73. The lowest BCUT2D eigenvalue weighted by Gasteiger charge is -2.09. The van der Waals surface area contributed by atoms with E-state index in [-0.39, 0.29) is 0 Å². The number of rotatable bonds is 1. The van der Waals surface area contributed by atoms with Crippen molar-refractivity contribution in [2.45, 2.75) is 6.42 Å². The summed E-state index contributed by atoms with van der Waals surface area (Å²) in [4.78, 5) is 3.99. The molecule has 1 nitrogen and oxygen atoms in total. The molecule has 0 aromatic rings. The van der Waals surface area contributed by atoms with Crippen molar-refractivity contribution in [3.05, 3.63) is 10.7 Å². The number of allylic oxidation sites excluding steroid dienone is 1. The van der Waals surface area contributed by atoms with Gasteiger partial charge >= 0.3 is 0 Å². The van der Waals surface area contributed by atoms with E-state index in [0.29, 0.717) is 11.8 Å². The van der Waals surface area contributed by atoms with Crippen LogP contribution in [0.3, 0.4) is 0 Å². The van der Waals surface area contributed by atoms with Crippen molar-refractivity contribution in [2.24, 2.45) is 10.9 Å². The van der Waals surface area contributed by atoms with Crippen LogP contribution in [0.4, 0.5) is 0 Å². The minimum Gasteiger partial charge on any atom is -0.268 e. The molecule has 3 heteroatoms. The summed E-state index contributed by atoms with van der Waals surface area (Å²) in [5.74, 6) is 1.08. The van der Waals surface area contributed by atoms with Crippen molar-refractivity contribution in [3.8, 4) is 0 Å². The van der Waals surface area contributed by atoms with Crippen LogP contribution in [0.5, 0.6) is 0 Å². The van der Waals surface area contributed by atoms with Gasteiger partial charge in [-0.25, -0.2) is 0 Å². The van der Waals surface area contributed by atoms with E-state index in [1.807, 2.05) is 12.4 Å². The predicted molar refractivity (Wildman–Crippen MR) is 44.3 cm³/mol. The molecule has 0 radical (unpaired) electrons. The molecule has 1 atom stereocenters. The van der Waals surface area contributed by atoms with Gasteiger partial charge in [-0.15, -0.1) is 11.6 Å². The van der Waals surface area contributed by atoms with Gasteiger partial charge in [-0.3, -0.25) is 4.99 Å². The lowest BCUT2D eigenvalue weighted by atomic mass is 10.1. The van der Waals surface area contributed by atoms with E-state index in [1.165, 1.54) is 0 Å². The van der Waals surface area contributed by atoms with Crippen LogP contribution in [0, 0.1) is 5.92 Å². The average molecular weight is 208 g/mol. The molecule has 0 saturated carbocycles. The van der Waals surface area contributed by atoms with E-state index in [0.717, 1.165) is 10.9 Å². The molecule has 0 fully saturated rings. The Balaban J connectivity index is 2.51. The van der Waals surface area contributed by atoms with Crippen LogP contribution in [0.1, 0.15) is 6.42 Å². The molecular weight excluding hydrogens is 201 g/mol. The van der Waals surface area contributed by atoms with E-state index in [2.05, 4.69) is 20.9 Å². The number of halogens is 2. The molecule has 0 aromatic heterocycles. The van der Waals surface area contributed by atoms with Gasteiger partial charge in [-0.2, -0.15) is 0 Å². The first-order valence-electron chi connectivity index (χ1n) is 2.76. The lowest BCUT2D eigenvalue weighted by Crippen LogP contribution is -2.05. The first kappa shape index (κ1) is 7.29. The summed E-state index contributed by atoms with van der Waals surface area (Å²) in [5, 5.41) is 0. The van der Waals surface area contributed by atoms with Gasteiger partial charge in [0.1, 0.15) is 0 Å². The van der Waals surface area contributed by atoms with Crippen LogP contribution in [-0.4, -0.2) is 12.1 Å². The Labute approximate surface area is 67.9 Å². The van der Waals surface area contributed by atoms with Crippen molar-refractivity contribution >= 4 is 33.7 Å². The largest absolute Gasteiger partial charge is 0.268 e. The first-order valence-corrected chi connectivity index (χ1v) is 4.09. The SMILES string of the molecule is ClCC1C=NC=C(Br)C1. The summed E-state index contributed by atoms with van der Waals surface area (Å²) in [6.07, 6.45) is 4.69. The van der Waals surface area contributed by atoms with Crippen molar-refractivity contribution in [3.63, 3.8) is 0 Å². The highest BCUT2D eigenvalue weighted by Crippen LogP contribution is 2.20. The molecule has 1 rings (SSSR count). The molecule has 0 aromatic carbocycles. The fraction of sp³-hybridized carbons (Fsp3) is 0.500. The second-order valence-electron chi connectivity index (χ2n) is 1.99. The van der Waals surface area contributed by atoms with Crippen LogP contribution in [0.2, 0.25) is 0 Å². The Bertz CT molecular complexity index is 153. The monoisotopic (exact) mass is 207 g/mol. The van der Waals surface area contributed by atoms with E-state index < -0.39 is 0 Å². The normalized spacial score (nSPS) is 26.0. The quantitative estimate of drug-likeness (QED) is 0.587. The number of hydrogen-bond donors (Lipinski definition) is 0. The third-order valence-corrected chi connectivity index (χ3v) is 2.09. The standard InChI is InChI=1S/C6H7BrClN/c7-6-1-5(2-8)3-9-4-6/h3-5H,1-2H2. The number of hydrogen-bond acceptors (Lipinski definition) is 1. The van der Waals surface area contributed by atoms with E-state index in [4.69, 9.17) is 11.6 Å². The third kappa shape index (κ3) is 2.11. The van der Waals surface area contributed by atoms with Crippen molar-refractivity contribution in [2.75, 3.05) is 5.88 Å². The van der Waals surface area contributed by atoms with Gasteiger partial charge in [0.25, 0.3) is 0 Å². The zero-order chi connectivity index (χ0) is 6.69. The Morgan fingerprint density at radius 2 is 2.67 bits per heavy atom. The second-order valence-corrected chi connectivity index (χ2v) is 3.32. The summed E-state index contributed by atoms with van der Waals surface area (Å²) in [6, 6.07) is 0.